The van der Waals surface area contributed by atoms with E-state index in [2.05, 4.69) is 45.6 Å². The summed E-state index contributed by atoms with van der Waals surface area (Å²) in [5, 5.41) is 10.7. The molecule has 2 aliphatic carbocycles. The van der Waals surface area contributed by atoms with E-state index >= 15 is 0 Å². The van der Waals surface area contributed by atoms with Crippen molar-refractivity contribution in [2.45, 2.75) is 90.8 Å². The normalized spacial score (nSPS) is 23.5. The van der Waals surface area contributed by atoms with Gasteiger partial charge in [-0.25, -0.2) is 0 Å². The van der Waals surface area contributed by atoms with E-state index in [0.29, 0.717) is 18.1 Å². The number of methoxy groups -OCH3 is 1. The quantitative estimate of drug-likeness (QED) is 0.326. The van der Waals surface area contributed by atoms with Gasteiger partial charge >= 0.3 is 0 Å². The van der Waals surface area contributed by atoms with Gasteiger partial charge in [0.25, 0.3) is 0 Å². The highest BCUT2D eigenvalue weighted by Gasteiger charge is 2.44. The fourth-order valence-electron chi connectivity index (χ4n) is 5.15. The molecule has 1 unspecified atom stereocenters. The molecule has 35 heavy (non-hydrogen) atoms. The van der Waals surface area contributed by atoms with Crippen LogP contribution in [0.4, 0.5) is 5.69 Å². The summed E-state index contributed by atoms with van der Waals surface area (Å²) in [7, 11) is 1.48. The molecule has 7 heteroatoms. The number of hydrogen-bond donors (Lipinski definition) is 1. The van der Waals surface area contributed by atoms with Gasteiger partial charge in [-0.3, -0.25) is 4.79 Å². The average Bonchev–Trinajstić information content (AvgIpc) is 3.46. The molecule has 1 aromatic rings. The fourth-order valence-corrected chi connectivity index (χ4v) is 6.11. The Morgan fingerprint density at radius 3 is 2.51 bits per heavy atom. The molecule has 2 atom stereocenters. The number of nitrogens with zero attached hydrogens (tertiary/aromatic N) is 1. The second-order valence-corrected chi connectivity index (χ2v) is 12.1. The molecule has 192 valence electrons. The van der Waals surface area contributed by atoms with Gasteiger partial charge in [-0.2, -0.15) is 0 Å². The zero-order valence-electron chi connectivity index (χ0n) is 21.7. The SMILES string of the molecule is COC(O)c1sc(C#CC(C)(C)C)cc1N(C(=O)[C@H]1CC=C(C)CC1)C1CCC2(CC1)OCCO2. The first-order valence-corrected chi connectivity index (χ1v) is 13.6. The monoisotopic (exact) mass is 501 g/mol. The minimum Gasteiger partial charge on any atom is -0.364 e. The number of carbonyl (C=O) groups excluding carboxylic acids is 1. The van der Waals surface area contributed by atoms with E-state index < -0.39 is 12.1 Å². The lowest BCUT2D eigenvalue weighted by molar-refractivity contribution is -0.179. The van der Waals surface area contributed by atoms with Crippen molar-refractivity contribution >= 4 is 22.9 Å². The van der Waals surface area contributed by atoms with E-state index in [1.165, 1.54) is 24.0 Å². The maximum absolute atomic E-state index is 14.1. The van der Waals surface area contributed by atoms with Crippen LogP contribution in [-0.2, 0) is 19.0 Å². The van der Waals surface area contributed by atoms with Crippen LogP contribution in [0, 0.1) is 23.2 Å². The molecule has 3 aliphatic rings. The molecule has 1 aromatic heterocycles. The summed E-state index contributed by atoms with van der Waals surface area (Å²) in [6, 6.07) is 1.98. The van der Waals surface area contributed by atoms with Crippen molar-refractivity contribution in [3.8, 4) is 11.8 Å². The highest BCUT2D eigenvalue weighted by molar-refractivity contribution is 7.13. The lowest BCUT2D eigenvalue weighted by Gasteiger charge is -2.42. The Labute approximate surface area is 213 Å². The lowest BCUT2D eigenvalue weighted by Crippen LogP contribution is -2.49. The molecule has 1 amide bonds. The minimum absolute atomic E-state index is 0.00811. The van der Waals surface area contributed by atoms with Crippen LogP contribution in [0.15, 0.2) is 17.7 Å². The number of anilines is 1. The Balaban J connectivity index is 1.70. The molecule has 1 spiro atoms. The molecular weight excluding hydrogens is 462 g/mol. The van der Waals surface area contributed by atoms with Crippen LogP contribution < -0.4 is 4.90 Å². The smallest absolute Gasteiger partial charge is 0.230 e. The molecule has 1 saturated heterocycles. The van der Waals surface area contributed by atoms with Crippen LogP contribution in [0.5, 0.6) is 0 Å². The number of rotatable bonds is 5. The van der Waals surface area contributed by atoms with Crippen molar-refractivity contribution < 1.29 is 24.1 Å². The van der Waals surface area contributed by atoms with Crippen LogP contribution in [0.1, 0.15) is 88.7 Å². The lowest BCUT2D eigenvalue weighted by atomic mass is 9.85. The number of allylic oxidation sites excluding steroid dienone is 2. The van der Waals surface area contributed by atoms with Gasteiger partial charge in [0.15, 0.2) is 12.1 Å². The van der Waals surface area contributed by atoms with E-state index in [4.69, 9.17) is 14.2 Å². The number of ether oxygens (including phenoxy) is 3. The predicted molar refractivity (Wildman–Crippen MR) is 138 cm³/mol. The zero-order chi connectivity index (χ0) is 25.2. The highest BCUT2D eigenvalue weighted by atomic mass is 32.1. The second-order valence-electron chi connectivity index (χ2n) is 11.0. The fraction of sp³-hybridized carbons (Fsp3) is 0.679. The third kappa shape index (κ3) is 6.18. The molecule has 2 heterocycles. The number of hydrogen-bond acceptors (Lipinski definition) is 6. The van der Waals surface area contributed by atoms with Crippen LogP contribution in [-0.4, -0.2) is 43.2 Å². The highest BCUT2D eigenvalue weighted by Crippen LogP contribution is 2.43. The van der Waals surface area contributed by atoms with Gasteiger partial charge in [0.2, 0.25) is 5.91 Å². The van der Waals surface area contributed by atoms with Crippen molar-refractivity contribution in [2.75, 3.05) is 25.2 Å². The number of aliphatic hydroxyl groups is 1. The summed E-state index contributed by atoms with van der Waals surface area (Å²) in [6.45, 7) is 9.60. The molecule has 0 radical (unpaired) electrons. The van der Waals surface area contributed by atoms with Gasteiger partial charge in [0.05, 0.1) is 28.7 Å². The van der Waals surface area contributed by atoms with Crippen LogP contribution in [0.25, 0.3) is 0 Å². The average molecular weight is 502 g/mol. The molecule has 2 fully saturated rings. The zero-order valence-corrected chi connectivity index (χ0v) is 22.5. The third-order valence-electron chi connectivity index (χ3n) is 7.13. The van der Waals surface area contributed by atoms with E-state index in [9.17, 15) is 9.90 Å². The first-order chi connectivity index (χ1) is 16.6. The Bertz CT molecular complexity index is 995. The molecule has 1 N–H and O–H groups in total. The Morgan fingerprint density at radius 1 is 1.26 bits per heavy atom. The van der Waals surface area contributed by atoms with Gasteiger partial charge in [0, 0.05) is 37.3 Å². The van der Waals surface area contributed by atoms with Crippen molar-refractivity contribution in [3.63, 3.8) is 0 Å². The summed E-state index contributed by atoms with van der Waals surface area (Å²) in [5.41, 5.74) is 1.93. The summed E-state index contributed by atoms with van der Waals surface area (Å²) >= 11 is 1.40. The second kappa shape index (κ2) is 10.7. The first-order valence-electron chi connectivity index (χ1n) is 12.8. The topological polar surface area (TPSA) is 68.2 Å². The largest absolute Gasteiger partial charge is 0.364 e. The van der Waals surface area contributed by atoms with E-state index in [1.807, 2.05) is 11.0 Å². The standard InChI is InChI=1S/C28H39NO5S/c1-19-6-8-20(9-7-19)25(30)29(21-10-14-28(15-11-21)33-16-17-34-28)23-18-22(12-13-27(2,3)4)35-24(23)26(31)32-5/h6,18,20-21,26,31H,7-11,14-17H2,1-5H3/t20-,26?/m0/s1. The molecule has 1 aliphatic heterocycles. The van der Waals surface area contributed by atoms with Crippen LogP contribution >= 0.6 is 11.3 Å². The van der Waals surface area contributed by atoms with Crippen LogP contribution in [0.3, 0.4) is 0 Å². The summed E-state index contributed by atoms with van der Waals surface area (Å²) < 4.78 is 17.2. The molecule has 6 nitrogen and oxygen atoms in total. The molecule has 0 bridgehead atoms. The van der Waals surface area contributed by atoms with Crippen molar-refractivity contribution in [2.24, 2.45) is 11.3 Å². The minimum atomic E-state index is -1.11. The van der Waals surface area contributed by atoms with Crippen molar-refractivity contribution in [1.29, 1.82) is 0 Å². The summed E-state index contributed by atoms with van der Waals surface area (Å²) in [6.07, 6.45) is 6.72. The number of carbonyl (C=O) groups is 1. The number of aliphatic hydroxyl groups excluding tert-OH is 1. The van der Waals surface area contributed by atoms with Gasteiger partial charge in [-0.15, -0.1) is 11.3 Å². The third-order valence-corrected chi connectivity index (χ3v) is 8.20. The molecular formula is C28H39NO5S. The Morgan fingerprint density at radius 2 is 1.94 bits per heavy atom. The van der Waals surface area contributed by atoms with Gasteiger partial charge in [-0.05, 0) is 65.9 Å². The molecule has 1 saturated carbocycles. The molecule has 4 rings (SSSR count). The molecule has 0 aromatic carbocycles. The Hall–Kier alpha value is -1.69. The van der Waals surface area contributed by atoms with Crippen molar-refractivity contribution in [1.82, 2.24) is 0 Å². The van der Waals surface area contributed by atoms with Gasteiger partial charge in [0.1, 0.15) is 0 Å². The van der Waals surface area contributed by atoms with Gasteiger partial charge in [-0.1, -0.05) is 23.5 Å². The van der Waals surface area contributed by atoms with Crippen LogP contribution in [0.2, 0.25) is 0 Å². The number of amides is 1. The maximum atomic E-state index is 14.1. The Kier molecular flexibility index (Phi) is 8.09. The van der Waals surface area contributed by atoms with Crippen molar-refractivity contribution in [3.05, 3.63) is 27.5 Å². The first kappa shape index (κ1) is 26.4. The predicted octanol–water partition coefficient (Wildman–Crippen LogP) is 5.55. The van der Waals surface area contributed by atoms with E-state index in [0.717, 1.165) is 55.5 Å². The summed E-state index contributed by atoms with van der Waals surface area (Å²) in [4.78, 5) is 17.5. The maximum Gasteiger partial charge on any atom is 0.230 e. The van der Waals surface area contributed by atoms with E-state index in [1.54, 1.807) is 0 Å². The van der Waals surface area contributed by atoms with Gasteiger partial charge < -0.3 is 24.2 Å². The van der Waals surface area contributed by atoms with E-state index in [-0.39, 0.29) is 23.3 Å². The number of thiophene rings is 1. The summed E-state index contributed by atoms with van der Waals surface area (Å²) in [5.74, 6) is 6.10.